The predicted molar refractivity (Wildman–Crippen MR) is 377 cm³/mol. The van der Waals surface area contributed by atoms with E-state index in [-0.39, 0.29) is 125 Å². The zero-order valence-corrected chi connectivity index (χ0v) is 57.6. The van der Waals surface area contributed by atoms with E-state index >= 15 is 0 Å². The van der Waals surface area contributed by atoms with Crippen LogP contribution in [-0.2, 0) is 113 Å². The molecular formula is C80H92N4O12. The molecule has 0 radical (unpaired) electrons. The maximum atomic E-state index is 13.8. The van der Waals surface area contributed by atoms with Crippen molar-refractivity contribution in [1.29, 1.82) is 0 Å². The minimum absolute atomic E-state index is 0.0185. The Hall–Kier alpha value is -9.32. The molecule has 0 fully saturated rings. The van der Waals surface area contributed by atoms with Crippen molar-refractivity contribution in [3.8, 4) is 23.0 Å². The molecule has 8 bridgehead atoms. The van der Waals surface area contributed by atoms with Gasteiger partial charge >= 0.3 is 0 Å². The van der Waals surface area contributed by atoms with Crippen molar-refractivity contribution in [2.45, 2.75) is 158 Å². The summed E-state index contributed by atoms with van der Waals surface area (Å²) in [4.78, 5) is 55.2. The van der Waals surface area contributed by atoms with Gasteiger partial charge in [-0.3, -0.25) is 19.2 Å². The summed E-state index contributed by atoms with van der Waals surface area (Å²) in [5, 5.41) is 11.8. The molecule has 16 heteroatoms. The number of nitrogens with one attached hydrogen (secondary N) is 4. The highest BCUT2D eigenvalue weighted by atomic mass is 16.5. The fourth-order valence-corrected chi connectivity index (χ4v) is 10.9. The first-order chi connectivity index (χ1) is 45.7. The lowest BCUT2D eigenvalue weighted by Gasteiger charge is -2.26. The lowest BCUT2D eigenvalue weighted by atomic mass is 9.84. The SMILES string of the molecule is CC(C)(C)c1cc2c(OCC(=O)Nc3ccccc3)c(c1)COCc1cc(C(C)(C)C)cc(c1OCC(=O)Nc1ccccc1)COCc1cc(C(C)(C)C)cc(c1OCC(=O)Nc1ccccc1)COCc1cc(C(C)(C)C)cc(c1OCC(=O)Nc1ccccc1)COC2. The minimum Gasteiger partial charge on any atom is -0.483 e. The van der Waals surface area contributed by atoms with E-state index in [4.69, 9.17) is 37.9 Å². The molecule has 8 aromatic rings. The van der Waals surface area contributed by atoms with Crippen LogP contribution in [0.25, 0.3) is 0 Å². The van der Waals surface area contributed by atoms with Gasteiger partial charge in [0.05, 0.1) is 52.9 Å². The zero-order chi connectivity index (χ0) is 68.6. The Kier molecular flexibility index (Phi) is 23.6. The summed E-state index contributed by atoms with van der Waals surface area (Å²) in [5.41, 5.74) is 10.2. The number of fused-ring (bicyclic) bond motifs is 8. The van der Waals surface area contributed by atoms with Crippen molar-refractivity contribution in [2.24, 2.45) is 0 Å². The van der Waals surface area contributed by atoms with Gasteiger partial charge in [0.15, 0.2) is 26.4 Å². The molecule has 0 spiro atoms. The Balaban J connectivity index is 1.18. The van der Waals surface area contributed by atoms with Crippen LogP contribution in [0.5, 0.6) is 23.0 Å². The van der Waals surface area contributed by atoms with Gasteiger partial charge in [-0.25, -0.2) is 0 Å². The first-order valence-corrected chi connectivity index (χ1v) is 32.6. The molecule has 0 aromatic heterocycles. The minimum atomic E-state index is -0.373. The monoisotopic (exact) mass is 1300 g/mol. The van der Waals surface area contributed by atoms with Crippen LogP contribution in [0.15, 0.2) is 170 Å². The average Bonchev–Trinajstić information content (AvgIpc) is 0.823. The molecule has 4 N–H and O–H groups in total. The standard InChI is InChI=1S/C80H92N4O12/c1-77(2,3)61-33-53-41-89-43-55-35-62(78(4,5)6)37-57(74(55)94-50-70(86)82-66-27-19-14-20-28-66)45-91-47-59-39-64(80(10,11)12)40-60(76(59)96-52-72(88)84-68-31-23-16-24-32-68)48-92-46-58-38-63(79(7,8)9)36-56(75(58)95-51-71(87)83-67-29-21-15-22-30-67)44-90-42-54(34-61)73(53)93-49-69(85)81-65-25-17-13-18-26-65/h13-40H,41-52H2,1-12H3,(H,81,85)(H,82,86)(H,83,87)(H,84,88). The Morgan fingerprint density at radius 1 is 0.281 bits per heavy atom. The first kappa shape index (κ1) is 71.0. The normalized spacial score (nSPS) is 13.5. The van der Waals surface area contributed by atoms with Gasteiger partial charge in [-0.2, -0.15) is 0 Å². The highest BCUT2D eigenvalue weighted by molar-refractivity contribution is 5.93. The predicted octanol–water partition coefficient (Wildman–Crippen LogP) is 16.1. The van der Waals surface area contributed by atoms with E-state index in [1.165, 1.54) is 0 Å². The van der Waals surface area contributed by atoms with Crippen LogP contribution in [0.3, 0.4) is 0 Å². The number of rotatable bonds is 16. The lowest BCUT2D eigenvalue weighted by Crippen LogP contribution is -2.22. The van der Waals surface area contributed by atoms with Crippen LogP contribution >= 0.6 is 0 Å². The van der Waals surface area contributed by atoms with Gasteiger partial charge in [0.1, 0.15) is 23.0 Å². The van der Waals surface area contributed by atoms with Crippen molar-refractivity contribution >= 4 is 46.4 Å². The number of carbonyl (C=O) groups is 4. The highest BCUT2D eigenvalue weighted by Gasteiger charge is 2.28. The van der Waals surface area contributed by atoms with Gasteiger partial charge in [0.25, 0.3) is 23.6 Å². The molecule has 0 saturated heterocycles. The summed E-state index contributed by atoms with van der Waals surface area (Å²) in [6.07, 6.45) is 0. The Labute approximate surface area is 565 Å². The van der Waals surface area contributed by atoms with E-state index in [2.05, 4.69) is 104 Å². The molecule has 1 aliphatic rings. The highest BCUT2D eigenvalue weighted by Crippen LogP contribution is 2.40. The van der Waals surface area contributed by atoms with Gasteiger partial charge in [-0.05, 0) is 141 Å². The molecule has 0 unspecified atom stereocenters. The molecular weight excluding hydrogens is 1210 g/mol. The van der Waals surface area contributed by atoms with Crippen LogP contribution in [0.2, 0.25) is 0 Å². The second kappa shape index (κ2) is 31.9. The summed E-state index contributed by atoms with van der Waals surface area (Å²) in [5.74, 6) is 0.192. The first-order valence-electron chi connectivity index (χ1n) is 32.6. The number of hydrogen-bond acceptors (Lipinski definition) is 12. The van der Waals surface area contributed by atoms with Crippen LogP contribution in [0, 0.1) is 0 Å². The second-order valence-corrected chi connectivity index (χ2v) is 28.3. The molecule has 96 heavy (non-hydrogen) atoms. The fourth-order valence-electron chi connectivity index (χ4n) is 10.9. The molecule has 0 atom stereocenters. The Bertz CT molecular complexity index is 3350. The number of anilines is 4. The van der Waals surface area contributed by atoms with Crippen LogP contribution in [0.1, 0.15) is 150 Å². The second-order valence-electron chi connectivity index (χ2n) is 28.3. The summed E-state index contributed by atoms with van der Waals surface area (Å²) in [6.45, 7) is 24.4. The van der Waals surface area contributed by atoms with E-state index in [9.17, 15) is 19.2 Å². The van der Waals surface area contributed by atoms with Gasteiger partial charge in [0, 0.05) is 67.3 Å². The van der Waals surface area contributed by atoms with E-state index in [0.717, 1.165) is 22.3 Å². The Morgan fingerprint density at radius 3 is 0.583 bits per heavy atom. The summed E-state index contributed by atoms with van der Waals surface area (Å²) in [7, 11) is 0. The summed E-state index contributed by atoms with van der Waals surface area (Å²) < 4.78 is 54.1. The van der Waals surface area contributed by atoms with E-state index < -0.39 is 0 Å². The van der Waals surface area contributed by atoms with E-state index in [1.807, 2.05) is 170 Å². The van der Waals surface area contributed by atoms with E-state index in [1.54, 1.807) is 0 Å². The van der Waals surface area contributed by atoms with Crippen LogP contribution < -0.4 is 40.2 Å². The number of carbonyl (C=O) groups excluding carboxylic acids is 4. The van der Waals surface area contributed by atoms with Crippen molar-refractivity contribution in [2.75, 3.05) is 47.7 Å². The molecule has 504 valence electrons. The molecule has 4 amide bonds. The van der Waals surface area contributed by atoms with Crippen LogP contribution in [0.4, 0.5) is 22.7 Å². The molecule has 0 saturated carbocycles. The number of amides is 4. The fraction of sp³-hybridized carbons (Fsp3) is 0.350. The molecule has 8 aromatic carbocycles. The van der Waals surface area contributed by atoms with Gasteiger partial charge < -0.3 is 59.2 Å². The summed E-state index contributed by atoms with van der Waals surface area (Å²) in [6, 6.07) is 53.2. The molecule has 1 aliphatic heterocycles. The molecule has 16 nitrogen and oxygen atoms in total. The molecule has 1 heterocycles. The average molecular weight is 1300 g/mol. The number of hydrogen-bond donors (Lipinski definition) is 4. The van der Waals surface area contributed by atoms with Gasteiger partial charge in [0.2, 0.25) is 0 Å². The van der Waals surface area contributed by atoms with Gasteiger partial charge in [-0.15, -0.1) is 0 Å². The third-order valence-corrected chi connectivity index (χ3v) is 16.1. The summed E-state index contributed by atoms with van der Waals surface area (Å²) >= 11 is 0. The van der Waals surface area contributed by atoms with Crippen molar-refractivity contribution < 1.29 is 57.1 Å². The third kappa shape index (κ3) is 20.4. The quantitative estimate of drug-likeness (QED) is 0.0717. The number of ether oxygens (including phenoxy) is 8. The topological polar surface area (TPSA) is 190 Å². The van der Waals surface area contributed by atoms with Crippen molar-refractivity contribution in [1.82, 2.24) is 0 Å². The van der Waals surface area contributed by atoms with Crippen LogP contribution in [-0.4, -0.2) is 50.1 Å². The zero-order valence-electron chi connectivity index (χ0n) is 57.6. The molecule has 9 rings (SSSR count). The van der Waals surface area contributed by atoms with Crippen molar-refractivity contribution in [3.63, 3.8) is 0 Å². The number of benzene rings is 8. The third-order valence-electron chi connectivity index (χ3n) is 16.1. The number of para-hydroxylation sites is 4. The Morgan fingerprint density at radius 2 is 0.438 bits per heavy atom. The lowest BCUT2D eigenvalue weighted by molar-refractivity contribution is -0.118. The largest absolute Gasteiger partial charge is 0.483 e. The molecule has 0 aliphatic carbocycles. The van der Waals surface area contributed by atoms with E-state index in [0.29, 0.717) is 90.3 Å². The van der Waals surface area contributed by atoms with Crippen molar-refractivity contribution in [3.05, 3.63) is 237 Å². The smallest absolute Gasteiger partial charge is 0.262 e. The van der Waals surface area contributed by atoms with Gasteiger partial charge in [-0.1, -0.05) is 156 Å². The maximum Gasteiger partial charge on any atom is 0.262 e. The maximum absolute atomic E-state index is 13.8.